The Morgan fingerprint density at radius 3 is 2.38 bits per heavy atom. The van der Waals surface area contributed by atoms with E-state index < -0.39 is 29.8 Å². The van der Waals surface area contributed by atoms with Crippen LogP contribution in [0.5, 0.6) is 0 Å². The quantitative estimate of drug-likeness (QED) is 0.295. The Balaban J connectivity index is 1.63. The number of aliphatic hydroxyl groups excluding tert-OH is 1. The third kappa shape index (κ3) is 9.00. The molecule has 1 saturated heterocycles. The average molecular weight is 567 g/mol. The predicted octanol–water partition coefficient (Wildman–Crippen LogP) is 4.12. The second-order valence-corrected chi connectivity index (χ2v) is 9.16. The number of hydrogen-bond donors (Lipinski definition) is 2. The van der Waals surface area contributed by atoms with Crippen LogP contribution in [0.2, 0.25) is 0 Å². The van der Waals surface area contributed by atoms with E-state index in [0.717, 1.165) is 45.2 Å². The van der Waals surface area contributed by atoms with E-state index in [1.54, 1.807) is 37.3 Å². The SMILES string of the molecule is C=C(/C=C(F)\C(=C/C)CN(C(=O)NCCN1CCN(CCCO)CC1)c1ccccc1)c1nnc(C(F)(F)F)o1. The molecule has 40 heavy (non-hydrogen) atoms. The van der Waals surface area contributed by atoms with Gasteiger partial charge in [-0.3, -0.25) is 9.80 Å². The van der Waals surface area contributed by atoms with Crippen LogP contribution in [0.15, 0.2) is 64.9 Å². The lowest BCUT2D eigenvalue weighted by molar-refractivity contribution is -0.157. The summed E-state index contributed by atoms with van der Waals surface area (Å²) in [7, 11) is 0. The highest BCUT2D eigenvalue weighted by Crippen LogP contribution is 2.30. The number of hydrogen-bond acceptors (Lipinski definition) is 7. The van der Waals surface area contributed by atoms with E-state index in [1.165, 1.54) is 11.0 Å². The molecular formula is C27H34F4N6O3. The molecule has 3 rings (SSSR count). The van der Waals surface area contributed by atoms with Gasteiger partial charge in [-0.1, -0.05) is 30.9 Å². The molecule has 0 unspecified atom stereocenters. The van der Waals surface area contributed by atoms with Gasteiger partial charge < -0.3 is 19.7 Å². The van der Waals surface area contributed by atoms with Crippen LogP contribution in [0.25, 0.3) is 5.57 Å². The summed E-state index contributed by atoms with van der Waals surface area (Å²) in [5.41, 5.74) is 0.400. The Labute approximate surface area is 230 Å². The van der Waals surface area contributed by atoms with Gasteiger partial charge in [-0.05, 0) is 31.6 Å². The van der Waals surface area contributed by atoms with Crippen molar-refractivity contribution < 1.29 is 31.9 Å². The summed E-state index contributed by atoms with van der Waals surface area (Å²) in [4.78, 5) is 19.1. The molecule has 13 heteroatoms. The number of halogens is 4. The minimum atomic E-state index is -4.83. The Morgan fingerprint density at radius 1 is 1.15 bits per heavy atom. The van der Waals surface area contributed by atoms with Crippen LogP contribution >= 0.6 is 0 Å². The maximum atomic E-state index is 15.2. The van der Waals surface area contributed by atoms with Gasteiger partial charge in [-0.15, -0.1) is 10.2 Å². The largest absolute Gasteiger partial charge is 0.470 e. The number of aliphatic hydroxyl groups is 1. The highest BCUT2D eigenvalue weighted by molar-refractivity contribution is 5.92. The third-order valence-corrected chi connectivity index (χ3v) is 6.34. The number of piperazine rings is 1. The number of carbonyl (C=O) groups excluding carboxylic acids is 1. The standard InChI is InChI=1S/C27H34F4N6O3/c1-3-21(23(28)18-20(2)24-33-34-25(40-24)27(29,30)31)19-37(22-8-5-4-6-9-22)26(39)32-10-12-36-15-13-35(14-16-36)11-7-17-38/h3-6,8-9,18,38H,2,7,10-17,19H2,1H3,(H,32,39)/b21-3-,23-18+. The van der Waals surface area contributed by atoms with Gasteiger partial charge in [0.05, 0.1) is 6.54 Å². The Bertz CT molecular complexity index is 1170. The fourth-order valence-electron chi connectivity index (χ4n) is 4.09. The highest BCUT2D eigenvalue weighted by atomic mass is 19.4. The van der Waals surface area contributed by atoms with Crippen molar-refractivity contribution in [3.63, 3.8) is 0 Å². The number of para-hydroxylation sites is 1. The summed E-state index contributed by atoms with van der Waals surface area (Å²) in [6, 6.07) is 8.31. The number of amides is 2. The molecule has 2 aromatic rings. The molecule has 1 aromatic carbocycles. The van der Waals surface area contributed by atoms with Crippen molar-refractivity contribution in [1.82, 2.24) is 25.3 Å². The maximum absolute atomic E-state index is 15.2. The molecule has 1 fully saturated rings. The van der Waals surface area contributed by atoms with Crippen LogP contribution < -0.4 is 10.2 Å². The molecule has 1 aliphatic heterocycles. The van der Waals surface area contributed by atoms with E-state index in [-0.39, 0.29) is 24.3 Å². The normalized spacial score (nSPS) is 15.8. The van der Waals surface area contributed by atoms with Crippen molar-refractivity contribution >= 4 is 17.3 Å². The first-order valence-corrected chi connectivity index (χ1v) is 12.9. The number of allylic oxidation sites excluding steroid dienone is 3. The van der Waals surface area contributed by atoms with Gasteiger partial charge in [-0.2, -0.15) is 13.2 Å². The second-order valence-electron chi connectivity index (χ2n) is 9.16. The molecule has 9 nitrogen and oxygen atoms in total. The molecule has 2 heterocycles. The molecule has 218 valence electrons. The first kappa shape index (κ1) is 31.0. The summed E-state index contributed by atoms with van der Waals surface area (Å²) in [5.74, 6) is -2.93. The lowest BCUT2D eigenvalue weighted by Crippen LogP contribution is -2.49. The van der Waals surface area contributed by atoms with E-state index in [4.69, 9.17) is 5.11 Å². The highest BCUT2D eigenvalue weighted by Gasteiger charge is 2.38. The van der Waals surface area contributed by atoms with Crippen molar-refractivity contribution in [1.29, 1.82) is 0 Å². The molecule has 0 saturated carbocycles. The Kier molecular flexibility index (Phi) is 11.4. The molecule has 2 amide bonds. The van der Waals surface area contributed by atoms with E-state index in [2.05, 4.69) is 36.3 Å². The first-order chi connectivity index (χ1) is 19.1. The number of anilines is 1. The predicted molar refractivity (Wildman–Crippen MR) is 143 cm³/mol. The van der Waals surface area contributed by atoms with Gasteiger partial charge in [-0.25, -0.2) is 9.18 Å². The van der Waals surface area contributed by atoms with Crippen LogP contribution in [0.1, 0.15) is 25.1 Å². The van der Waals surface area contributed by atoms with Gasteiger partial charge in [0.1, 0.15) is 5.83 Å². The number of benzene rings is 1. The number of carbonyl (C=O) groups is 1. The molecule has 0 radical (unpaired) electrons. The number of urea groups is 1. The fourth-order valence-corrected chi connectivity index (χ4v) is 4.09. The molecule has 0 aliphatic carbocycles. The van der Waals surface area contributed by atoms with Gasteiger partial charge in [0.25, 0.3) is 0 Å². The van der Waals surface area contributed by atoms with Gasteiger partial charge in [0.2, 0.25) is 5.89 Å². The molecule has 0 bridgehead atoms. The van der Waals surface area contributed by atoms with Crippen LogP contribution in [0.4, 0.5) is 28.0 Å². The summed E-state index contributed by atoms with van der Waals surface area (Å²) in [6.07, 6.45) is -1.72. The molecule has 1 aliphatic rings. The second kappa shape index (κ2) is 14.7. The first-order valence-electron chi connectivity index (χ1n) is 12.9. The monoisotopic (exact) mass is 566 g/mol. The molecule has 0 atom stereocenters. The topological polar surface area (TPSA) is 98.0 Å². The van der Waals surface area contributed by atoms with Gasteiger partial charge >= 0.3 is 18.1 Å². The summed E-state index contributed by atoms with van der Waals surface area (Å²) in [6.45, 7) is 10.6. The molecule has 2 N–H and O–H groups in total. The van der Waals surface area contributed by atoms with Gasteiger partial charge in [0.15, 0.2) is 0 Å². The molecule has 0 spiro atoms. The number of rotatable bonds is 12. The Morgan fingerprint density at radius 2 is 1.80 bits per heavy atom. The minimum absolute atomic E-state index is 0.106. The van der Waals surface area contributed by atoms with Crippen LogP contribution in [-0.4, -0.2) is 90.1 Å². The summed E-state index contributed by atoms with van der Waals surface area (Å²) >= 11 is 0. The van der Waals surface area contributed by atoms with Crippen molar-refractivity contribution in [2.45, 2.75) is 19.5 Å². The average Bonchev–Trinajstić information content (AvgIpc) is 3.45. The zero-order valence-corrected chi connectivity index (χ0v) is 22.3. The smallest absolute Gasteiger partial charge is 0.413 e. The van der Waals surface area contributed by atoms with Crippen molar-refractivity contribution in [3.05, 3.63) is 72.2 Å². The Hall–Kier alpha value is -3.55. The lowest BCUT2D eigenvalue weighted by atomic mass is 10.1. The summed E-state index contributed by atoms with van der Waals surface area (Å²) in [5, 5.41) is 18.1. The van der Waals surface area contributed by atoms with Crippen molar-refractivity contribution in [2.24, 2.45) is 0 Å². The van der Waals surface area contributed by atoms with Gasteiger partial charge in [0, 0.05) is 69.3 Å². The van der Waals surface area contributed by atoms with E-state index in [0.29, 0.717) is 18.8 Å². The number of aromatic nitrogens is 2. The maximum Gasteiger partial charge on any atom is 0.470 e. The number of nitrogens with one attached hydrogen (secondary N) is 1. The van der Waals surface area contributed by atoms with Crippen molar-refractivity contribution in [2.75, 3.05) is 63.9 Å². The van der Waals surface area contributed by atoms with Crippen LogP contribution in [0, 0.1) is 0 Å². The van der Waals surface area contributed by atoms with E-state index >= 15 is 4.39 Å². The lowest BCUT2D eigenvalue weighted by Gasteiger charge is -2.34. The van der Waals surface area contributed by atoms with Crippen LogP contribution in [0.3, 0.4) is 0 Å². The van der Waals surface area contributed by atoms with E-state index in [1.807, 2.05) is 0 Å². The van der Waals surface area contributed by atoms with E-state index in [9.17, 15) is 18.0 Å². The third-order valence-electron chi connectivity index (χ3n) is 6.34. The zero-order valence-electron chi connectivity index (χ0n) is 22.3. The molecular weight excluding hydrogens is 532 g/mol. The molecule has 1 aromatic heterocycles. The number of alkyl halides is 3. The summed E-state index contributed by atoms with van der Waals surface area (Å²) < 4.78 is 58.1. The van der Waals surface area contributed by atoms with Crippen molar-refractivity contribution in [3.8, 4) is 0 Å². The number of nitrogens with zero attached hydrogens (tertiary/aromatic N) is 5. The fraction of sp³-hybridized carbons (Fsp3) is 0.444. The zero-order chi connectivity index (χ0) is 29.1. The van der Waals surface area contributed by atoms with Crippen LogP contribution in [-0.2, 0) is 6.18 Å². The minimum Gasteiger partial charge on any atom is -0.413 e.